The quantitative estimate of drug-likeness (QED) is 0.574. The van der Waals surface area contributed by atoms with Crippen LogP contribution in [0.2, 0.25) is 5.02 Å². The summed E-state index contributed by atoms with van der Waals surface area (Å²) in [6.07, 6.45) is 1.25. The van der Waals surface area contributed by atoms with Crippen LogP contribution in [0.5, 0.6) is 0 Å². The van der Waals surface area contributed by atoms with Gasteiger partial charge in [-0.15, -0.1) is 0 Å². The first-order valence-corrected chi connectivity index (χ1v) is 10.6. The van der Waals surface area contributed by atoms with Crippen molar-refractivity contribution in [1.82, 2.24) is 0 Å². The van der Waals surface area contributed by atoms with E-state index in [9.17, 15) is 9.59 Å². The Morgan fingerprint density at radius 2 is 1.45 bits per heavy atom. The van der Waals surface area contributed by atoms with Gasteiger partial charge in [0.2, 0.25) is 5.91 Å². The maximum atomic E-state index is 13.3. The van der Waals surface area contributed by atoms with E-state index in [0.717, 1.165) is 5.56 Å². The molecule has 0 saturated carbocycles. The first-order valence-electron chi connectivity index (χ1n) is 10.2. The van der Waals surface area contributed by atoms with E-state index in [-0.39, 0.29) is 11.8 Å². The molecule has 6 heteroatoms. The molecular formula is C25H23ClN2O3. The number of carbonyl (C=O) groups is 2. The van der Waals surface area contributed by atoms with Crippen molar-refractivity contribution in [3.05, 3.63) is 95.0 Å². The summed E-state index contributed by atoms with van der Waals surface area (Å²) in [5, 5.41) is 6.30. The van der Waals surface area contributed by atoms with Gasteiger partial charge in [-0.3, -0.25) is 9.59 Å². The third-order valence-electron chi connectivity index (χ3n) is 5.63. The van der Waals surface area contributed by atoms with Crippen molar-refractivity contribution in [2.24, 2.45) is 0 Å². The molecule has 2 amide bonds. The van der Waals surface area contributed by atoms with E-state index in [4.69, 9.17) is 16.3 Å². The number of anilines is 2. The van der Waals surface area contributed by atoms with Gasteiger partial charge >= 0.3 is 0 Å². The zero-order chi connectivity index (χ0) is 21.7. The standard InChI is InChI=1S/C25H23ClN2O3/c26-21-8-4-5-9-22(21)28-23(29)18-10-12-20(13-11-18)27-24(30)25(14-16-31-17-15-25)19-6-2-1-3-7-19/h1-13H,14-17H2,(H,27,30)(H,28,29). The minimum Gasteiger partial charge on any atom is -0.381 e. The van der Waals surface area contributed by atoms with Crippen LogP contribution in [0.4, 0.5) is 11.4 Å². The summed E-state index contributed by atoms with van der Waals surface area (Å²) >= 11 is 6.10. The third kappa shape index (κ3) is 4.63. The van der Waals surface area contributed by atoms with Crippen LogP contribution in [-0.4, -0.2) is 25.0 Å². The second-order valence-corrected chi connectivity index (χ2v) is 7.93. The van der Waals surface area contributed by atoms with Crippen molar-refractivity contribution in [3.63, 3.8) is 0 Å². The minimum atomic E-state index is -0.625. The van der Waals surface area contributed by atoms with Crippen molar-refractivity contribution in [3.8, 4) is 0 Å². The number of benzene rings is 3. The lowest BCUT2D eigenvalue weighted by Crippen LogP contribution is -2.44. The lowest BCUT2D eigenvalue weighted by Gasteiger charge is -2.36. The fourth-order valence-corrected chi connectivity index (χ4v) is 4.02. The molecule has 1 saturated heterocycles. The molecule has 3 aromatic rings. The lowest BCUT2D eigenvalue weighted by atomic mass is 9.73. The maximum absolute atomic E-state index is 13.3. The smallest absolute Gasteiger partial charge is 0.255 e. The summed E-state index contributed by atoms with van der Waals surface area (Å²) in [6.45, 7) is 1.09. The Morgan fingerprint density at radius 1 is 0.806 bits per heavy atom. The van der Waals surface area contributed by atoms with Gasteiger partial charge in [-0.05, 0) is 54.8 Å². The van der Waals surface area contributed by atoms with Gasteiger partial charge in [0.25, 0.3) is 5.91 Å². The third-order valence-corrected chi connectivity index (χ3v) is 5.96. The average Bonchev–Trinajstić information content (AvgIpc) is 2.82. The van der Waals surface area contributed by atoms with E-state index in [1.807, 2.05) is 30.3 Å². The molecule has 1 aliphatic rings. The monoisotopic (exact) mass is 434 g/mol. The van der Waals surface area contributed by atoms with Crippen LogP contribution in [0.25, 0.3) is 0 Å². The maximum Gasteiger partial charge on any atom is 0.255 e. The SMILES string of the molecule is O=C(Nc1ccccc1Cl)c1ccc(NC(=O)C2(c3ccccc3)CCOCC2)cc1. The van der Waals surface area contributed by atoms with E-state index < -0.39 is 5.41 Å². The van der Waals surface area contributed by atoms with Crippen LogP contribution < -0.4 is 10.6 Å². The minimum absolute atomic E-state index is 0.0599. The highest BCUT2D eigenvalue weighted by Gasteiger charge is 2.41. The first-order chi connectivity index (χ1) is 15.1. The number of para-hydroxylation sites is 1. The largest absolute Gasteiger partial charge is 0.381 e. The average molecular weight is 435 g/mol. The number of amides is 2. The Kier molecular flexibility index (Phi) is 6.35. The van der Waals surface area contributed by atoms with Crippen molar-refractivity contribution in [2.75, 3.05) is 23.8 Å². The molecule has 2 N–H and O–H groups in total. The van der Waals surface area contributed by atoms with Gasteiger partial charge in [-0.25, -0.2) is 0 Å². The van der Waals surface area contributed by atoms with Gasteiger partial charge in [-0.2, -0.15) is 0 Å². The Morgan fingerprint density at radius 3 is 2.13 bits per heavy atom. The second-order valence-electron chi connectivity index (χ2n) is 7.53. The molecule has 1 heterocycles. The van der Waals surface area contributed by atoms with Crippen LogP contribution in [0.1, 0.15) is 28.8 Å². The molecule has 0 atom stereocenters. The van der Waals surface area contributed by atoms with Gasteiger partial charge in [-0.1, -0.05) is 54.1 Å². The molecule has 0 radical (unpaired) electrons. The molecule has 1 aliphatic heterocycles. The van der Waals surface area contributed by atoms with Crippen LogP contribution >= 0.6 is 11.6 Å². The molecule has 5 nitrogen and oxygen atoms in total. The molecule has 0 aromatic heterocycles. The van der Waals surface area contributed by atoms with Gasteiger partial charge in [0.15, 0.2) is 0 Å². The van der Waals surface area contributed by atoms with Crippen molar-refractivity contribution >= 4 is 34.8 Å². The Bertz CT molecular complexity index is 1060. The molecule has 0 aliphatic carbocycles. The van der Waals surface area contributed by atoms with E-state index in [1.54, 1.807) is 48.5 Å². The van der Waals surface area contributed by atoms with Gasteiger partial charge in [0, 0.05) is 24.5 Å². The Balaban J connectivity index is 1.48. The summed E-state index contributed by atoms with van der Waals surface area (Å²) < 4.78 is 5.51. The van der Waals surface area contributed by atoms with Crippen LogP contribution in [0, 0.1) is 0 Å². The zero-order valence-corrected chi connectivity index (χ0v) is 17.7. The van der Waals surface area contributed by atoms with Gasteiger partial charge in [0.05, 0.1) is 16.1 Å². The summed E-state index contributed by atoms with van der Waals surface area (Å²) in [4.78, 5) is 25.8. The summed E-state index contributed by atoms with van der Waals surface area (Å²) in [7, 11) is 0. The molecule has 1 fully saturated rings. The van der Waals surface area contributed by atoms with Crippen LogP contribution in [0.3, 0.4) is 0 Å². The summed E-state index contributed by atoms with van der Waals surface area (Å²) in [5.74, 6) is -0.327. The summed E-state index contributed by atoms with van der Waals surface area (Å²) in [5.41, 5.74) is 2.03. The van der Waals surface area contributed by atoms with E-state index in [0.29, 0.717) is 48.0 Å². The van der Waals surface area contributed by atoms with Gasteiger partial charge < -0.3 is 15.4 Å². The van der Waals surface area contributed by atoms with Crippen LogP contribution in [-0.2, 0) is 14.9 Å². The number of carbonyl (C=O) groups excluding carboxylic acids is 2. The van der Waals surface area contributed by atoms with Gasteiger partial charge in [0.1, 0.15) is 0 Å². The normalized spacial score (nSPS) is 15.1. The number of halogens is 1. The topological polar surface area (TPSA) is 67.4 Å². The highest BCUT2D eigenvalue weighted by molar-refractivity contribution is 6.33. The Labute approximate surface area is 186 Å². The molecule has 0 spiro atoms. The summed E-state index contributed by atoms with van der Waals surface area (Å²) in [6, 6.07) is 23.7. The van der Waals surface area contributed by atoms with E-state index in [2.05, 4.69) is 10.6 Å². The number of hydrogen-bond acceptors (Lipinski definition) is 3. The molecule has 158 valence electrons. The van der Waals surface area contributed by atoms with Crippen molar-refractivity contribution < 1.29 is 14.3 Å². The molecular weight excluding hydrogens is 412 g/mol. The fraction of sp³-hybridized carbons (Fsp3) is 0.200. The number of hydrogen-bond donors (Lipinski definition) is 2. The zero-order valence-electron chi connectivity index (χ0n) is 16.9. The molecule has 4 rings (SSSR count). The lowest BCUT2D eigenvalue weighted by molar-refractivity contribution is -0.125. The highest BCUT2D eigenvalue weighted by atomic mass is 35.5. The van der Waals surface area contributed by atoms with Crippen molar-refractivity contribution in [2.45, 2.75) is 18.3 Å². The molecule has 0 bridgehead atoms. The highest BCUT2D eigenvalue weighted by Crippen LogP contribution is 2.36. The van der Waals surface area contributed by atoms with Crippen molar-refractivity contribution in [1.29, 1.82) is 0 Å². The van der Waals surface area contributed by atoms with E-state index >= 15 is 0 Å². The number of ether oxygens (including phenoxy) is 1. The fourth-order valence-electron chi connectivity index (χ4n) is 3.84. The Hall–Kier alpha value is -3.15. The predicted molar refractivity (Wildman–Crippen MR) is 123 cm³/mol. The number of rotatable bonds is 5. The molecule has 31 heavy (non-hydrogen) atoms. The second kappa shape index (κ2) is 9.33. The van der Waals surface area contributed by atoms with Crippen LogP contribution in [0.15, 0.2) is 78.9 Å². The first kappa shape index (κ1) is 21.1. The molecule has 3 aromatic carbocycles. The van der Waals surface area contributed by atoms with E-state index in [1.165, 1.54) is 0 Å². The predicted octanol–water partition coefficient (Wildman–Crippen LogP) is 5.28. The number of nitrogens with one attached hydrogen (secondary N) is 2. The molecule has 0 unspecified atom stereocenters.